The van der Waals surface area contributed by atoms with E-state index in [0.717, 1.165) is 25.9 Å². The predicted molar refractivity (Wildman–Crippen MR) is 99.8 cm³/mol. The summed E-state index contributed by atoms with van der Waals surface area (Å²) in [7, 11) is 1.53. The second-order valence-electron chi connectivity index (χ2n) is 6.26. The average molecular weight is 358 g/mol. The van der Waals surface area contributed by atoms with Crippen LogP contribution >= 0.6 is 0 Å². The summed E-state index contributed by atoms with van der Waals surface area (Å²) in [6, 6.07) is 6.99. The lowest BCUT2D eigenvalue weighted by atomic mass is 10.1. The van der Waals surface area contributed by atoms with Crippen LogP contribution in [0.1, 0.15) is 31.7 Å². The van der Waals surface area contributed by atoms with Gasteiger partial charge >= 0.3 is 0 Å². The third kappa shape index (κ3) is 5.58. The highest BCUT2D eigenvalue weighted by Crippen LogP contribution is 2.19. The molecule has 0 aliphatic carbocycles. The van der Waals surface area contributed by atoms with E-state index in [1.807, 2.05) is 0 Å². The molecule has 1 saturated heterocycles. The van der Waals surface area contributed by atoms with Crippen LogP contribution in [0.2, 0.25) is 0 Å². The average Bonchev–Trinajstić information content (AvgIpc) is 2.70. The second-order valence-corrected chi connectivity index (χ2v) is 6.26. The number of nitrogens with zero attached hydrogens (tertiary/aromatic N) is 1. The van der Waals surface area contributed by atoms with E-state index in [-0.39, 0.29) is 24.5 Å². The maximum Gasteiger partial charge on any atom is 0.256 e. The van der Waals surface area contributed by atoms with Crippen molar-refractivity contribution in [2.24, 2.45) is 0 Å². The SMILES string of the molecule is C#Cc1cccc(N(CC(=O)NC)C(=O)C(C)OCC2CCCCO2)c1. The molecule has 1 N–H and O–H groups in total. The van der Waals surface area contributed by atoms with Gasteiger partial charge in [-0.2, -0.15) is 0 Å². The Morgan fingerprint density at radius 3 is 2.92 bits per heavy atom. The first kappa shape index (κ1) is 20.0. The van der Waals surface area contributed by atoms with Crippen molar-refractivity contribution in [1.29, 1.82) is 0 Å². The fraction of sp³-hybridized carbons (Fsp3) is 0.500. The maximum absolute atomic E-state index is 12.9. The minimum atomic E-state index is -0.695. The van der Waals surface area contributed by atoms with Crippen molar-refractivity contribution in [3.05, 3.63) is 29.8 Å². The number of anilines is 1. The topological polar surface area (TPSA) is 67.9 Å². The Kier molecular flexibility index (Phi) is 7.64. The number of terminal acetylenes is 1. The van der Waals surface area contributed by atoms with Crippen LogP contribution in [0.15, 0.2) is 24.3 Å². The number of hydrogen-bond acceptors (Lipinski definition) is 4. The monoisotopic (exact) mass is 358 g/mol. The van der Waals surface area contributed by atoms with Gasteiger partial charge in [0.15, 0.2) is 0 Å². The molecule has 2 amide bonds. The van der Waals surface area contributed by atoms with E-state index in [1.165, 1.54) is 11.9 Å². The number of benzene rings is 1. The molecule has 0 aromatic heterocycles. The normalized spacial score (nSPS) is 17.8. The minimum absolute atomic E-state index is 0.0242. The van der Waals surface area contributed by atoms with Crippen LogP contribution in [-0.2, 0) is 19.1 Å². The summed E-state index contributed by atoms with van der Waals surface area (Å²) in [5.41, 5.74) is 1.21. The van der Waals surface area contributed by atoms with Crippen molar-refractivity contribution in [3.63, 3.8) is 0 Å². The standard InChI is InChI=1S/C20H26N2O4/c1-4-16-8-7-9-17(12-16)22(13-19(23)21-3)20(24)15(2)26-14-18-10-5-6-11-25-18/h1,7-9,12,15,18H,5-6,10-11,13-14H2,2-3H3,(H,21,23). The molecule has 2 rings (SSSR count). The molecule has 1 aliphatic rings. The van der Waals surface area contributed by atoms with Gasteiger partial charge in [-0.05, 0) is 44.4 Å². The number of nitrogens with one attached hydrogen (secondary N) is 1. The lowest BCUT2D eigenvalue weighted by Crippen LogP contribution is -2.45. The molecule has 2 atom stereocenters. The largest absolute Gasteiger partial charge is 0.376 e. The van der Waals surface area contributed by atoms with E-state index in [2.05, 4.69) is 11.2 Å². The highest BCUT2D eigenvalue weighted by atomic mass is 16.5. The summed E-state index contributed by atoms with van der Waals surface area (Å²) in [5, 5.41) is 2.54. The number of carbonyl (C=O) groups excluding carboxylic acids is 2. The number of hydrogen-bond donors (Lipinski definition) is 1. The molecule has 1 fully saturated rings. The Bertz CT molecular complexity index is 662. The van der Waals surface area contributed by atoms with Crippen LogP contribution in [0, 0.1) is 12.3 Å². The zero-order chi connectivity index (χ0) is 18.9. The number of amides is 2. The molecule has 1 heterocycles. The van der Waals surface area contributed by atoms with Crippen molar-refractivity contribution in [1.82, 2.24) is 5.32 Å². The van der Waals surface area contributed by atoms with E-state index < -0.39 is 6.10 Å². The van der Waals surface area contributed by atoms with Crippen LogP contribution in [0.3, 0.4) is 0 Å². The molecule has 0 bridgehead atoms. The fourth-order valence-electron chi connectivity index (χ4n) is 2.76. The van der Waals surface area contributed by atoms with E-state index in [0.29, 0.717) is 17.9 Å². The number of carbonyl (C=O) groups is 2. The first-order chi connectivity index (χ1) is 12.5. The molecule has 2 unspecified atom stereocenters. The van der Waals surface area contributed by atoms with E-state index in [1.54, 1.807) is 31.2 Å². The molecule has 1 aliphatic heterocycles. The summed E-state index contributed by atoms with van der Waals surface area (Å²) in [6.45, 7) is 2.69. The van der Waals surface area contributed by atoms with Gasteiger partial charge in [0, 0.05) is 24.9 Å². The van der Waals surface area contributed by atoms with Gasteiger partial charge in [-0.3, -0.25) is 9.59 Å². The molecule has 0 saturated carbocycles. The van der Waals surface area contributed by atoms with E-state index in [4.69, 9.17) is 15.9 Å². The van der Waals surface area contributed by atoms with Gasteiger partial charge in [0.05, 0.1) is 12.7 Å². The Hall–Kier alpha value is -2.36. The van der Waals surface area contributed by atoms with Gasteiger partial charge in [-0.15, -0.1) is 6.42 Å². The van der Waals surface area contributed by atoms with Crippen LogP contribution < -0.4 is 10.2 Å². The summed E-state index contributed by atoms with van der Waals surface area (Å²) in [6.07, 6.45) is 7.88. The van der Waals surface area contributed by atoms with Crippen LogP contribution in [0.25, 0.3) is 0 Å². The van der Waals surface area contributed by atoms with Gasteiger partial charge in [0.25, 0.3) is 5.91 Å². The highest BCUT2D eigenvalue weighted by Gasteiger charge is 2.26. The Morgan fingerprint density at radius 2 is 2.27 bits per heavy atom. The maximum atomic E-state index is 12.9. The molecule has 6 nitrogen and oxygen atoms in total. The van der Waals surface area contributed by atoms with Crippen molar-refractivity contribution >= 4 is 17.5 Å². The van der Waals surface area contributed by atoms with Crippen molar-refractivity contribution < 1.29 is 19.1 Å². The number of likely N-dealkylation sites (N-methyl/N-ethyl adjacent to an activating group) is 1. The summed E-state index contributed by atoms with van der Waals surface area (Å²) < 4.78 is 11.4. The third-order valence-electron chi connectivity index (χ3n) is 4.32. The summed E-state index contributed by atoms with van der Waals surface area (Å²) in [4.78, 5) is 26.2. The van der Waals surface area contributed by atoms with Crippen LogP contribution in [0.5, 0.6) is 0 Å². The first-order valence-electron chi connectivity index (χ1n) is 8.87. The van der Waals surface area contributed by atoms with Crippen LogP contribution in [0.4, 0.5) is 5.69 Å². The van der Waals surface area contributed by atoms with E-state index in [9.17, 15) is 9.59 Å². The molecule has 0 spiro atoms. The number of ether oxygens (including phenoxy) is 2. The third-order valence-corrected chi connectivity index (χ3v) is 4.32. The van der Waals surface area contributed by atoms with Gasteiger partial charge in [-0.1, -0.05) is 12.0 Å². The Balaban J connectivity index is 2.08. The van der Waals surface area contributed by atoms with Gasteiger partial charge in [0.1, 0.15) is 12.6 Å². The Labute approximate surface area is 154 Å². The smallest absolute Gasteiger partial charge is 0.256 e. The molecule has 6 heteroatoms. The van der Waals surface area contributed by atoms with Gasteiger partial charge in [0.2, 0.25) is 5.91 Å². The summed E-state index contributed by atoms with van der Waals surface area (Å²) >= 11 is 0. The molecule has 1 aromatic rings. The molecular weight excluding hydrogens is 332 g/mol. The quantitative estimate of drug-likeness (QED) is 0.754. The predicted octanol–water partition coefficient (Wildman–Crippen LogP) is 1.72. The zero-order valence-corrected chi connectivity index (χ0v) is 15.4. The lowest BCUT2D eigenvalue weighted by Gasteiger charge is -2.27. The van der Waals surface area contributed by atoms with Crippen molar-refractivity contribution in [2.45, 2.75) is 38.4 Å². The fourth-order valence-corrected chi connectivity index (χ4v) is 2.76. The van der Waals surface area contributed by atoms with E-state index >= 15 is 0 Å². The van der Waals surface area contributed by atoms with Gasteiger partial charge in [-0.25, -0.2) is 0 Å². The molecular formula is C20H26N2O4. The Morgan fingerprint density at radius 1 is 1.46 bits per heavy atom. The zero-order valence-electron chi connectivity index (χ0n) is 15.4. The molecule has 1 aromatic carbocycles. The van der Waals surface area contributed by atoms with Crippen molar-refractivity contribution in [2.75, 3.05) is 31.7 Å². The minimum Gasteiger partial charge on any atom is -0.376 e. The first-order valence-corrected chi connectivity index (χ1v) is 8.87. The highest BCUT2D eigenvalue weighted by molar-refractivity contribution is 6.01. The lowest BCUT2D eigenvalue weighted by molar-refractivity contribution is -0.134. The van der Waals surface area contributed by atoms with Crippen LogP contribution in [-0.4, -0.2) is 50.8 Å². The second kappa shape index (κ2) is 9.95. The molecule has 140 valence electrons. The van der Waals surface area contributed by atoms with Crippen molar-refractivity contribution in [3.8, 4) is 12.3 Å². The number of rotatable bonds is 7. The van der Waals surface area contributed by atoms with Gasteiger partial charge < -0.3 is 19.7 Å². The summed E-state index contributed by atoms with van der Waals surface area (Å²) in [5.74, 6) is 1.98. The molecule has 26 heavy (non-hydrogen) atoms. The molecule has 0 radical (unpaired) electrons.